The van der Waals surface area contributed by atoms with E-state index in [0.717, 1.165) is 0 Å². The van der Waals surface area contributed by atoms with Crippen LogP contribution in [0, 0.1) is 6.92 Å². The lowest BCUT2D eigenvalue weighted by Gasteiger charge is -2.17. The summed E-state index contributed by atoms with van der Waals surface area (Å²) in [5.74, 6) is 0. The fourth-order valence-corrected chi connectivity index (χ4v) is 10.3. The molecule has 11 aromatic rings. The molecule has 0 atom stereocenters. The van der Waals surface area contributed by atoms with Crippen LogP contribution in [0.4, 0.5) is 0 Å². The first kappa shape index (κ1) is 27.9. The van der Waals surface area contributed by atoms with Gasteiger partial charge in [0.2, 0.25) is 0 Å². The number of benzene rings is 11. The van der Waals surface area contributed by atoms with Gasteiger partial charge in [0.15, 0.2) is 0 Å². The zero-order valence-corrected chi connectivity index (χ0v) is 29.1. The van der Waals surface area contributed by atoms with E-state index < -0.39 is 0 Å². The second kappa shape index (κ2) is 9.76. The van der Waals surface area contributed by atoms with Crippen molar-refractivity contribution in [2.45, 2.75) is 6.92 Å². The maximum absolute atomic E-state index is 2.46. The van der Waals surface area contributed by atoms with Gasteiger partial charge in [-0.05, 0) is 150 Å². The summed E-state index contributed by atoms with van der Waals surface area (Å²) in [6, 6.07) is 62.1. The summed E-state index contributed by atoms with van der Waals surface area (Å²) in [7, 11) is 0. The topological polar surface area (TPSA) is 0 Å². The highest BCUT2D eigenvalue weighted by Crippen LogP contribution is 2.58. The van der Waals surface area contributed by atoms with Gasteiger partial charge in [0.25, 0.3) is 0 Å². The standard InChI is InChI=1S/C53H30/c1-29-15-17-31(18-16-29)45-28-47-41-22-20-37-38-23-25-42-48-34-13-7-5-11-32(34)44(30-9-3-2-4-10-30)27-46(48)40-21-19-36(50(38)52(40)42)39-24-26-43(53(41)51(37)39)49(47)35-14-8-6-12-33(35)45/h2-28H,1H3. The van der Waals surface area contributed by atoms with Crippen molar-refractivity contribution in [1.82, 2.24) is 0 Å². The molecule has 242 valence electrons. The first-order valence-corrected chi connectivity index (χ1v) is 18.7. The molecule has 0 N–H and O–H groups in total. The number of rotatable bonds is 2. The Balaban J connectivity index is 1.11. The summed E-state index contributed by atoms with van der Waals surface area (Å²) >= 11 is 0. The lowest BCUT2D eigenvalue weighted by molar-refractivity contribution is 1.47. The summed E-state index contributed by atoms with van der Waals surface area (Å²) in [6.45, 7) is 2.16. The minimum atomic E-state index is 1.26. The molecule has 2 aliphatic rings. The van der Waals surface area contributed by atoms with Gasteiger partial charge in [-0.3, -0.25) is 0 Å². The summed E-state index contributed by atoms with van der Waals surface area (Å²) in [4.78, 5) is 0. The van der Waals surface area contributed by atoms with Gasteiger partial charge in [-0.2, -0.15) is 0 Å². The fourth-order valence-electron chi connectivity index (χ4n) is 10.3. The van der Waals surface area contributed by atoms with Crippen molar-refractivity contribution >= 4 is 64.6 Å². The summed E-state index contributed by atoms with van der Waals surface area (Å²) in [5, 5.41) is 16.2. The maximum Gasteiger partial charge on any atom is -0.00137 e. The molecule has 53 heavy (non-hydrogen) atoms. The molecular formula is C53H30. The van der Waals surface area contributed by atoms with Crippen LogP contribution in [0.2, 0.25) is 0 Å². The molecule has 0 fully saturated rings. The van der Waals surface area contributed by atoms with Crippen LogP contribution in [0.5, 0.6) is 0 Å². The van der Waals surface area contributed by atoms with E-state index in [2.05, 4.69) is 171 Å². The number of hydrogen-bond acceptors (Lipinski definition) is 0. The van der Waals surface area contributed by atoms with E-state index in [9.17, 15) is 0 Å². The monoisotopic (exact) mass is 666 g/mol. The smallest absolute Gasteiger partial charge is 0.00137 e. The molecule has 0 amide bonds. The lowest BCUT2D eigenvalue weighted by atomic mass is 9.86. The van der Waals surface area contributed by atoms with Crippen molar-refractivity contribution in [3.63, 3.8) is 0 Å². The van der Waals surface area contributed by atoms with Gasteiger partial charge in [0.05, 0.1) is 0 Å². The van der Waals surface area contributed by atoms with Gasteiger partial charge in [0.1, 0.15) is 0 Å². The minimum absolute atomic E-state index is 1.26. The molecule has 0 unspecified atom stereocenters. The Morgan fingerprint density at radius 1 is 0.245 bits per heavy atom. The normalized spacial score (nSPS) is 12.6. The highest BCUT2D eigenvalue weighted by molar-refractivity contribution is 6.41. The van der Waals surface area contributed by atoms with E-state index in [1.54, 1.807) is 0 Å². The molecule has 13 rings (SSSR count). The van der Waals surface area contributed by atoms with Crippen molar-refractivity contribution in [2.24, 2.45) is 0 Å². The molecule has 0 aliphatic heterocycles. The van der Waals surface area contributed by atoms with Crippen molar-refractivity contribution in [2.75, 3.05) is 0 Å². The van der Waals surface area contributed by atoms with Gasteiger partial charge in [0, 0.05) is 0 Å². The number of hydrogen-bond donors (Lipinski definition) is 0. The van der Waals surface area contributed by atoms with Gasteiger partial charge in [-0.1, -0.05) is 157 Å². The van der Waals surface area contributed by atoms with E-state index in [4.69, 9.17) is 0 Å². The van der Waals surface area contributed by atoms with Crippen molar-refractivity contribution in [1.29, 1.82) is 0 Å². The Kier molecular flexibility index (Phi) is 5.14. The molecular weight excluding hydrogens is 637 g/mol. The molecule has 0 saturated heterocycles. The second-order valence-electron chi connectivity index (χ2n) is 15.2. The second-order valence-corrected chi connectivity index (χ2v) is 15.2. The van der Waals surface area contributed by atoms with Gasteiger partial charge < -0.3 is 0 Å². The van der Waals surface area contributed by atoms with Crippen molar-refractivity contribution in [3.05, 3.63) is 169 Å². The molecule has 2 aliphatic carbocycles. The summed E-state index contributed by atoms with van der Waals surface area (Å²) < 4.78 is 0. The zero-order valence-electron chi connectivity index (χ0n) is 29.1. The molecule has 0 aromatic heterocycles. The Morgan fingerprint density at radius 3 is 1.11 bits per heavy atom. The molecule has 0 radical (unpaired) electrons. The lowest BCUT2D eigenvalue weighted by Crippen LogP contribution is -1.88. The van der Waals surface area contributed by atoms with E-state index in [1.807, 2.05) is 0 Å². The van der Waals surface area contributed by atoms with Crippen LogP contribution >= 0.6 is 0 Å². The third-order valence-electron chi connectivity index (χ3n) is 12.6. The maximum atomic E-state index is 2.46. The van der Waals surface area contributed by atoms with E-state index in [0.29, 0.717) is 0 Å². The Hall–Kier alpha value is -6.76. The van der Waals surface area contributed by atoms with Crippen LogP contribution in [-0.2, 0) is 0 Å². The van der Waals surface area contributed by atoms with E-state index in [-0.39, 0.29) is 0 Å². The molecule has 0 saturated carbocycles. The van der Waals surface area contributed by atoms with Crippen molar-refractivity contribution < 1.29 is 0 Å². The average molecular weight is 667 g/mol. The van der Waals surface area contributed by atoms with Crippen LogP contribution in [-0.4, -0.2) is 0 Å². The van der Waals surface area contributed by atoms with Crippen LogP contribution in [0.15, 0.2) is 164 Å². The minimum Gasteiger partial charge on any atom is -0.0622 e. The van der Waals surface area contributed by atoms with Crippen LogP contribution in [0.25, 0.3) is 131 Å². The van der Waals surface area contributed by atoms with Crippen LogP contribution < -0.4 is 0 Å². The largest absolute Gasteiger partial charge is 0.0622 e. The fraction of sp³-hybridized carbons (Fsp3) is 0.0189. The first-order chi connectivity index (χ1) is 26.2. The summed E-state index contributed by atoms with van der Waals surface area (Å²) in [6.07, 6.45) is 0. The number of aryl methyl sites for hydroxylation is 1. The molecule has 0 heteroatoms. The van der Waals surface area contributed by atoms with Crippen LogP contribution in [0.3, 0.4) is 0 Å². The molecule has 11 aromatic carbocycles. The number of fused-ring (bicyclic) bond motifs is 12. The van der Waals surface area contributed by atoms with Crippen molar-refractivity contribution in [3.8, 4) is 66.8 Å². The Morgan fingerprint density at radius 2 is 0.642 bits per heavy atom. The SMILES string of the molecule is Cc1ccc(-c2cc3c(c4ccccc24)-c2ccc4c5ccc6c7c(ccc(c8ccc-3c2c84)c75)-c2c-6cc(-c3ccccc3)c3ccccc23)cc1. The van der Waals surface area contributed by atoms with Gasteiger partial charge in [-0.25, -0.2) is 0 Å². The van der Waals surface area contributed by atoms with Gasteiger partial charge in [-0.15, -0.1) is 0 Å². The van der Waals surface area contributed by atoms with E-state index >= 15 is 0 Å². The first-order valence-electron chi connectivity index (χ1n) is 18.7. The third kappa shape index (κ3) is 3.42. The van der Waals surface area contributed by atoms with E-state index in [1.165, 1.54) is 137 Å². The molecule has 0 nitrogen and oxygen atoms in total. The quantitative estimate of drug-likeness (QED) is 0.127. The van der Waals surface area contributed by atoms with Crippen LogP contribution in [0.1, 0.15) is 5.56 Å². The molecule has 0 heterocycles. The predicted octanol–water partition coefficient (Wildman–Crippen LogP) is 15.0. The highest BCUT2D eigenvalue weighted by Gasteiger charge is 2.31. The Labute approximate surface area is 306 Å². The van der Waals surface area contributed by atoms with Gasteiger partial charge >= 0.3 is 0 Å². The average Bonchev–Trinajstić information content (AvgIpc) is 3.73. The summed E-state index contributed by atoms with van der Waals surface area (Å²) in [5.41, 5.74) is 17.2. The zero-order chi connectivity index (χ0) is 34.5. The Bertz CT molecular complexity index is 3400. The molecule has 0 bridgehead atoms. The highest BCUT2D eigenvalue weighted by atomic mass is 14.3. The predicted molar refractivity (Wildman–Crippen MR) is 227 cm³/mol. The molecule has 0 spiro atoms. The third-order valence-corrected chi connectivity index (χ3v) is 12.6.